The summed E-state index contributed by atoms with van der Waals surface area (Å²) in [5, 5.41) is 4.16. The molecule has 0 unspecified atom stereocenters. The fourth-order valence-corrected chi connectivity index (χ4v) is 2.55. The van der Waals surface area contributed by atoms with Crippen LogP contribution in [0.2, 0.25) is 0 Å². The molecule has 0 aliphatic carbocycles. The number of methoxy groups -OCH3 is 1. The molecular formula is C20H19BrN2O3. The molecule has 0 spiro atoms. The Morgan fingerprint density at radius 3 is 2.58 bits per heavy atom. The van der Waals surface area contributed by atoms with Gasteiger partial charge in [0.1, 0.15) is 6.61 Å². The van der Waals surface area contributed by atoms with Gasteiger partial charge in [0, 0.05) is 10.0 Å². The average molecular weight is 415 g/mol. The van der Waals surface area contributed by atoms with E-state index in [0.29, 0.717) is 5.69 Å². The summed E-state index contributed by atoms with van der Waals surface area (Å²) in [6.45, 7) is 2.17. The van der Waals surface area contributed by atoms with Crippen molar-refractivity contribution in [3.63, 3.8) is 0 Å². The van der Waals surface area contributed by atoms with Crippen LogP contribution in [0.15, 0.2) is 58.2 Å². The normalized spacial score (nSPS) is 10.8. The maximum atomic E-state index is 12.0. The molecule has 0 saturated carbocycles. The maximum absolute atomic E-state index is 12.0. The van der Waals surface area contributed by atoms with E-state index in [1.807, 2.05) is 49.4 Å². The molecule has 26 heavy (non-hydrogen) atoms. The summed E-state index contributed by atoms with van der Waals surface area (Å²) >= 11 is 3.40. The van der Waals surface area contributed by atoms with Crippen LogP contribution in [0.4, 0.5) is 10.5 Å². The molecule has 1 amide bonds. The number of para-hydroxylation sites is 1. The number of terminal acetylenes is 1. The number of hydrogen-bond acceptors (Lipinski definition) is 4. The minimum absolute atomic E-state index is 0.102. The summed E-state index contributed by atoms with van der Waals surface area (Å²) in [6, 6.07) is 15.1. The Labute approximate surface area is 161 Å². The largest absolute Gasteiger partial charge is 0.452 e. The molecule has 0 atom stereocenters. The molecule has 2 aromatic rings. The van der Waals surface area contributed by atoms with Crippen LogP contribution in [-0.2, 0) is 16.2 Å². The zero-order chi connectivity index (χ0) is 18.9. The first-order valence-corrected chi connectivity index (χ1v) is 8.65. The Morgan fingerprint density at radius 2 is 1.92 bits per heavy atom. The fourth-order valence-electron chi connectivity index (χ4n) is 2.29. The number of amides is 1. The Balaban J connectivity index is 2.15. The van der Waals surface area contributed by atoms with Crippen molar-refractivity contribution in [1.82, 2.24) is 0 Å². The zero-order valence-corrected chi connectivity index (χ0v) is 16.2. The van der Waals surface area contributed by atoms with E-state index in [1.54, 1.807) is 6.07 Å². The first kappa shape index (κ1) is 19.5. The summed E-state index contributed by atoms with van der Waals surface area (Å²) in [7, 11) is 1.32. The van der Waals surface area contributed by atoms with Crippen LogP contribution in [0, 0.1) is 12.3 Å². The number of ether oxygens (including phenoxy) is 1. The van der Waals surface area contributed by atoms with Crippen LogP contribution in [0.1, 0.15) is 18.1 Å². The van der Waals surface area contributed by atoms with E-state index in [-0.39, 0.29) is 13.2 Å². The smallest absolute Gasteiger partial charge is 0.414 e. The number of carbonyl (C=O) groups excluding carboxylic acids is 1. The molecular weight excluding hydrogens is 396 g/mol. The van der Waals surface area contributed by atoms with Gasteiger partial charge in [0.25, 0.3) is 0 Å². The monoisotopic (exact) mass is 414 g/mol. The topological polar surface area (TPSA) is 51.1 Å². The van der Waals surface area contributed by atoms with E-state index in [4.69, 9.17) is 16.0 Å². The number of hydrogen-bond donors (Lipinski definition) is 0. The van der Waals surface area contributed by atoms with Gasteiger partial charge in [-0.2, -0.15) is 0 Å². The summed E-state index contributed by atoms with van der Waals surface area (Å²) in [6.07, 6.45) is 4.85. The maximum Gasteiger partial charge on any atom is 0.414 e. The zero-order valence-electron chi connectivity index (χ0n) is 14.6. The van der Waals surface area contributed by atoms with Gasteiger partial charge in [-0.05, 0) is 30.7 Å². The number of halogens is 1. The fraction of sp³-hybridized carbons (Fsp3) is 0.200. The Morgan fingerprint density at radius 1 is 1.23 bits per heavy atom. The number of oxime groups is 1. The van der Waals surface area contributed by atoms with E-state index in [9.17, 15) is 4.79 Å². The van der Waals surface area contributed by atoms with Crippen molar-refractivity contribution in [3.8, 4) is 12.3 Å². The van der Waals surface area contributed by atoms with Crippen LogP contribution in [0.25, 0.3) is 0 Å². The summed E-state index contributed by atoms with van der Waals surface area (Å²) in [5.41, 5.74) is 3.13. The quantitative estimate of drug-likeness (QED) is 0.394. The number of carbonyl (C=O) groups is 1. The molecule has 0 aromatic heterocycles. The third-order valence-corrected chi connectivity index (χ3v) is 4.14. The van der Waals surface area contributed by atoms with Crippen LogP contribution in [0.5, 0.6) is 0 Å². The van der Waals surface area contributed by atoms with Crippen molar-refractivity contribution < 1.29 is 14.4 Å². The highest BCUT2D eigenvalue weighted by atomic mass is 79.9. The Kier molecular flexibility index (Phi) is 7.24. The van der Waals surface area contributed by atoms with Gasteiger partial charge in [-0.3, -0.25) is 4.90 Å². The van der Waals surface area contributed by atoms with Gasteiger partial charge < -0.3 is 9.57 Å². The van der Waals surface area contributed by atoms with Crippen molar-refractivity contribution in [1.29, 1.82) is 0 Å². The molecule has 6 heteroatoms. The highest BCUT2D eigenvalue weighted by Crippen LogP contribution is 2.22. The number of rotatable bonds is 6. The molecule has 0 aliphatic rings. The van der Waals surface area contributed by atoms with Crippen molar-refractivity contribution in [2.24, 2.45) is 5.16 Å². The van der Waals surface area contributed by atoms with Gasteiger partial charge in [-0.1, -0.05) is 57.3 Å². The van der Waals surface area contributed by atoms with Crippen molar-refractivity contribution >= 4 is 33.4 Å². The van der Waals surface area contributed by atoms with Crippen molar-refractivity contribution in [3.05, 3.63) is 64.1 Å². The minimum Gasteiger partial charge on any atom is -0.452 e. The van der Waals surface area contributed by atoms with E-state index >= 15 is 0 Å². The molecule has 0 saturated heterocycles. The summed E-state index contributed by atoms with van der Waals surface area (Å²) in [4.78, 5) is 18.9. The van der Waals surface area contributed by atoms with Gasteiger partial charge in [0.05, 0.1) is 25.1 Å². The second-order valence-corrected chi connectivity index (χ2v) is 6.26. The molecule has 0 aliphatic heterocycles. The van der Waals surface area contributed by atoms with Crippen LogP contribution >= 0.6 is 15.9 Å². The Bertz CT molecular complexity index is 826. The molecule has 0 heterocycles. The lowest BCUT2D eigenvalue weighted by Crippen LogP contribution is -2.31. The average Bonchev–Trinajstić information content (AvgIpc) is 2.66. The van der Waals surface area contributed by atoms with E-state index < -0.39 is 6.09 Å². The lowest BCUT2D eigenvalue weighted by atomic mass is 10.1. The van der Waals surface area contributed by atoms with E-state index in [2.05, 4.69) is 27.0 Å². The third-order valence-electron chi connectivity index (χ3n) is 3.61. The lowest BCUT2D eigenvalue weighted by Gasteiger charge is -2.21. The highest BCUT2D eigenvalue weighted by molar-refractivity contribution is 9.10. The molecule has 0 N–H and O–H groups in total. The standard InChI is InChI=1S/C20H19BrN2O3/c1-4-13-23(20(24)25-3)19-8-6-5-7-17(19)14-26-22-15(2)16-9-11-18(21)12-10-16/h1,5-12H,13-14H2,2-3H3. The molecule has 0 bridgehead atoms. The van der Waals surface area contributed by atoms with Crippen LogP contribution < -0.4 is 4.90 Å². The Hall–Kier alpha value is -2.78. The van der Waals surface area contributed by atoms with E-state index in [0.717, 1.165) is 21.3 Å². The first-order chi connectivity index (χ1) is 12.6. The molecule has 0 fully saturated rings. The molecule has 2 rings (SSSR count). The van der Waals surface area contributed by atoms with Gasteiger partial charge in [-0.15, -0.1) is 6.42 Å². The predicted octanol–water partition coefficient (Wildman–Crippen LogP) is 4.60. The summed E-state index contributed by atoms with van der Waals surface area (Å²) in [5.74, 6) is 2.46. The second kappa shape index (κ2) is 9.64. The minimum atomic E-state index is -0.523. The first-order valence-electron chi connectivity index (χ1n) is 7.86. The second-order valence-electron chi connectivity index (χ2n) is 5.35. The van der Waals surface area contributed by atoms with Crippen LogP contribution in [-0.4, -0.2) is 25.5 Å². The van der Waals surface area contributed by atoms with Gasteiger partial charge in [0.2, 0.25) is 0 Å². The number of anilines is 1. The van der Waals surface area contributed by atoms with Gasteiger partial charge in [0.15, 0.2) is 0 Å². The van der Waals surface area contributed by atoms with Crippen molar-refractivity contribution in [2.75, 3.05) is 18.6 Å². The van der Waals surface area contributed by atoms with E-state index in [1.165, 1.54) is 12.0 Å². The van der Waals surface area contributed by atoms with Crippen LogP contribution in [0.3, 0.4) is 0 Å². The molecule has 5 nitrogen and oxygen atoms in total. The molecule has 0 radical (unpaired) electrons. The number of benzene rings is 2. The predicted molar refractivity (Wildman–Crippen MR) is 106 cm³/mol. The van der Waals surface area contributed by atoms with Crippen molar-refractivity contribution in [2.45, 2.75) is 13.5 Å². The summed E-state index contributed by atoms with van der Waals surface area (Å²) < 4.78 is 5.80. The SMILES string of the molecule is C#CCN(C(=O)OC)c1ccccc1CON=C(C)c1ccc(Br)cc1. The highest BCUT2D eigenvalue weighted by Gasteiger charge is 2.18. The molecule has 2 aromatic carbocycles. The number of nitrogens with zero attached hydrogens (tertiary/aromatic N) is 2. The lowest BCUT2D eigenvalue weighted by molar-refractivity contribution is 0.130. The van der Waals surface area contributed by atoms with Gasteiger partial charge in [-0.25, -0.2) is 4.79 Å². The third kappa shape index (κ3) is 5.11. The molecule has 134 valence electrons. The van der Waals surface area contributed by atoms with Gasteiger partial charge >= 0.3 is 6.09 Å².